The molecule has 0 aromatic carbocycles. The maximum Gasteiger partial charge on any atom is 0.0837 e. The van der Waals surface area contributed by atoms with E-state index in [2.05, 4.69) is 30.7 Å². The Morgan fingerprint density at radius 2 is 2.00 bits per heavy atom. The van der Waals surface area contributed by atoms with Gasteiger partial charge in [-0.25, -0.2) is 0 Å². The highest BCUT2D eigenvalue weighted by molar-refractivity contribution is 5.97. The molecule has 1 heterocycles. The zero-order chi connectivity index (χ0) is 9.90. The van der Waals surface area contributed by atoms with Gasteiger partial charge in [0, 0.05) is 6.20 Å². The Morgan fingerprint density at radius 1 is 1.31 bits per heavy atom. The molecule has 1 aromatic rings. The Balaban J connectivity index is 2.92. The van der Waals surface area contributed by atoms with Crippen LogP contribution in [0.2, 0.25) is 0 Å². The summed E-state index contributed by atoms with van der Waals surface area (Å²) in [7, 11) is 0. The lowest BCUT2D eigenvalue weighted by Crippen LogP contribution is -2.13. The molecule has 0 fully saturated rings. The van der Waals surface area contributed by atoms with Gasteiger partial charge >= 0.3 is 0 Å². The van der Waals surface area contributed by atoms with Gasteiger partial charge in [-0.3, -0.25) is 9.98 Å². The van der Waals surface area contributed by atoms with E-state index in [9.17, 15) is 0 Å². The molecule has 0 radical (unpaired) electrons. The zero-order valence-electron chi connectivity index (χ0n) is 8.70. The number of rotatable bonds is 1. The Kier molecular flexibility index (Phi) is 2.81. The molecule has 2 nitrogen and oxygen atoms in total. The molecule has 0 spiro atoms. The standard InChI is InChI=1S/C11H16N2/c1-9(13-11(2,3)4)10-7-5-6-8-12-10/h5-8H,1-4H3. The van der Waals surface area contributed by atoms with Gasteiger partial charge in [0.15, 0.2) is 0 Å². The minimum Gasteiger partial charge on any atom is -0.282 e. The molecule has 0 unspecified atom stereocenters. The molecule has 1 aromatic heterocycles. The molecule has 0 saturated carbocycles. The second-order valence-electron chi connectivity index (χ2n) is 4.08. The molecule has 0 aliphatic heterocycles. The van der Waals surface area contributed by atoms with Crippen LogP contribution in [0, 0.1) is 0 Å². The molecule has 0 aliphatic rings. The molecule has 0 bridgehead atoms. The number of aromatic nitrogens is 1. The summed E-state index contributed by atoms with van der Waals surface area (Å²) in [5.41, 5.74) is 1.92. The van der Waals surface area contributed by atoms with Gasteiger partial charge in [-0.15, -0.1) is 0 Å². The third-order valence-corrected chi connectivity index (χ3v) is 1.54. The van der Waals surface area contributed by atoms with E-state index in [0.717, 1.165) is 11.4 Å². The number of pyridine rings is 1. The van der Waals surface area contributed by atoms with Crippen LogP contribution in [0.4, 0.5) is 0 Å². The monoisotopic (exact) mass is 176 g/mol. The molecule has 0 N–H and O–H groups in total. The third kappa shape index (κ3) is 3.36. The molecule has 70 valence electrons. The highest BCUT2D eigenvalue weighted by Gasteiger charge is 2.08. The van der Waals surface area contributed by atoms with Crippen LogP contribution in [0.15, 0.2) is 29.4 Å². The van der Waals surface area contributed by atoms with Crippen molar-refractivity contribution in [1.82, 2.24) is 4.98 Å². The molecule has 13 heavy (non-hydrogen) atoms. The summed E-state index contributed by atoms with van der Waals surface area (Å²) in [6.45, 7) is 8.24. The van der Waals surface area contributed by atoms with E-state index in [1.807, 2.05) is 25.1 Å². The number of hydrogen-bond donors (Lipinski definition) is 0. The largest absolute Gasteiger partial charge is 0.282 e. The second-order valence-corrected chi connectivity index (χ2v) is 4.08. The quantitative estimate of drug-likeness (QED) is 0.604. The van der Waals surface area contributed by atoms with Gasteiger partial charge in [-0.05, 0) is 39.8 Å². The Hall–Kier alpha value is -1.18. The fourth-order valence-corrected chi connectivity index (χ4v) is 1.14. The van der Waals surface area contributed by atoms with Gasteiger partial charge in [0.05, 0.1) is 16.9 Å². The lowest BCUT2D eigenvalue weighted by atomic mass is 10.1. The van der Waals surface area contributed by atoms with Crippen molar-refractivity contribution >= 4 is 5.71 Å². The van der Waals surface area contributed by atoms with Crippen molar-refractivity contribution in [2.24, 2.45) is 4.99 Å². The third-order valence-electron chi connectivity index (χ3n) is 1.54. The first-order valence-electron chi connectivity index (χ1n) is 4.47. The first kappa shape index (κ1) is 9.90. The van der Waals surface area contributed by atoms with Crippen LogP contribution < -0.4 is 0 Å². The number of nitrogens with zero attached hydrogens (tertiary/aromatic N) is 2. The summed E-state index contributed by atoms with van der Waals surface area (Å²) in [5, 5.41) is 0. The summed E-state index contributed by atoms with van der Waals surface area (Å²) in [6, 6.07) is 5.86. The highest BCUT2D eigenvalue weighted by atomic mass is 14.9. The van der Waals surface area contributed by atoms with E-state index in [-0.39, 0.29) is 5.54 Å². The van der Waals surface area contributed by atoms with Crippen molar-refractivity contribution in [2.75, 3.05) is 0 Å². The lowest BCUT2D eigenvalue weighted by molar-refractivity contribution is 0.583. The summed E-state index contributed by atoms with van der Waals surface area (Å²) in [5.74, 6) is 0. The molecule has 0 atom stereocenters. The average Bonchev–Trinajstić information content (AvgIpc) is 2.03. The second kappa shape index (κ2) is 3.69. The smallest absolute Gasteiger partial charge is 0.0837 e. The maximum atomic E-state index is 4.53. The van der Waals surface area contributed by atoms with Gasteiger partial charge in [-0.2, -0.15) is 0 Å². The van der Waals surface area contributed by atoms with Crippen LogP contribution in [0.25, 0.3) is 0 Å². The van der Waals surface area contributed by atoms with Crippen molar-refractivity contribution in [2.45, 2.75) is 33.2 Å². The predicted molar refractivity (Wildman–Crippen MR) is 56.2 cm³/mol. The highest BCUT2D eigenvalue weighted by Crippen LogP contribution is 2.09. The van der Waals surface area contributed by atoms with Crippen molar-refractivity contribution in [3.8, 4) is 0 Å². The van der Waals surface area contributed by atoms with Crippen molar-refractivity contribution in [1.29, 1.82) is 0 Å². The molecule has 0 amide bonds. The Morgan fingerprint density at radius 3 is 2.46 bits per heavy atom. The fraction of sp³-hybridized carbons (Fsp3) is 0.455. The van der Waals surface area contributed by atoms with E-state index in [4.69, 9.17) is 0 Å². The number of aliphatic imine (C=N–C) groups is 1. The molecule has 2 heteroatoms. The van der Waals surface area contributed by atoms with Crippen molar-refractivity contribution in [3.63, 3.8) is 0 Å². The van der Waals surface area contributed by atoms with Crippen LogP contribution in [0.3, 0.4) is 0 Å². The van der Waals surface area contributed by atoms with Gasteiger partial charge in [-0.1, -0.05) is 6.07 Å². The van der Waals surface area contributed by atoms with Crippen LogP contribution in [0.1, 0.15) is 33.4 Å². The zero-order valence-corrected chi connectivity index (χ0v) is 8.70. The molecule has 1 rings (SSSR count). The molecular formula is C11H16N2. The Bertz CT molecular complexity index is 294. The average molecular weight is 176 g/mol. The Labute approximate surface area is 79.7 Å². The fourth-order valence-electron chi connectivity index (χ4n) is 1.14. The van der Waals surface area contributed by atoms with Gasteiger partial charge < -0.3 is 0 Å². The number of hydrogen-bond acceptors (Lipinski definition) is 2. The summed E-state index contributed by atoms with van der Waals surface area (Å²) in [4.78, 5) is 8.77. The molecule has 0 aliphatic carbocycles. The summed E-state index contributed by atoms with van der Waals surface area (Å²) >= 11 is 0. The minimum atomic E-state index is -0.0262. The summed E-state index contributed by atoms with van der Waals surface area (Å²) < 4.78 is 0. The molecular weight excluding hydrogens is 160 g/mol. The van der Waals surface area contributed by atoms with E-state index in [0.29, 0.717) is 0 Å². The van der Waals surface area contributed by atoms with E-state index >= 15 is 0 Å². The van der Waals surface area contributed by atoms with Crippen LogP contribution in [-0.4, -0.2) is 16.2 Å². The van der Waals surface area contributed by atoms with Gasteiger partial charge in [0.25, 0.3) is 0 Å². The van der Waals surface area contributed by atoms with E-state index in [1.165, 1.54) is 0 Å². The summed E-state index contributed by atoms with van der Waals surface area (Å²) in [6.07, 6.45) is 1.79. The first-order chi connectivity index (χ1) is 5.99. The normalized spacial score (nSPS) is 13.1. The topological polar surface area (TPSA) is 25.2 Å². The van der Waals surface area contributed by atoms with Gasteiger partial charge in [0.2, 0.25) is 0 Å². The first-order valence-corrected chi connectivity index (χ1v) is 4.47. The van der Waals surface area contributed by atoms with Crippen LogP contribution >= 0.6 is 0 Å². The predicted octanol–water partition coefficient (Wildman–Crippen LogP) is 2.69. The lowest BCUT2D eigenvalue weighted by Gasteiger charge is -2.13. The van der Waals surface area contributed by atoms with Crippen molar-refractivity contribution < 1.29 is 0 Å². The van der Waals surface area contributed by atoms with Gasteiger partial charge in [0.1, 0.15) is 0 Å². The SMILES string of the molecule is CC(=NC(C)(C)C)c1ccccn1. The molecule has 0 saturated heterocycles. The van der Waals surface area contributed by atoms with Crippen molar-refractivity contribution in [3.05, 3.63) is 30.1 Å². The van der Waals surface area contributed by atoms with Crippen LogP contribution in [0.5, 0.6) is 0 Å². The maximum absolute atomic E-state index is 4.53. The van der Waals surface area contributed by atoms with E-state index in [1.54, 1.807) is 6.20 Å². The van der Waals surface area contributed by atoms with Crippen LogP contribution in [-0.2, 0) is 0 Å². The minimum absolute atomic E-state index is 0.0262. The van der Waals surface area contributed by atoms with E-state index < -0.39 is 0 Å².